The molecule has 0 saturated heterocycles. The van der Waals surface area contributed by atoms with Crippen LogP contribution >= 0.6 is 0 Å². The van der Waals surface area contributed by atoms with Crippen molar-refractivity contribution in [3.63, 3.8) is 0 Å². The topological polar surface area (TPSA) is 154 Å². The van der Waals surface area contributed by atoms with Gasteiger partial charge in [-0.25, -0.2) is 9.59 Å². The number of carbonyl (C=O) groups is 5. The number of benzene rings is 1. The highest BCUT2D eigenvalue weighted by atomic mass is 16.6. The molecule has 0 amide bonds. The molecular formula is C20H24O10. The Kier molecular flexibility index (Phi) is 9.47. The van der Waals surface area contributed by atoms with Crippen LogP contribution in [0.4, 0.5) is 0 Å². The van der Waals surface area contributed by atoms with Gasteiger partial charge in [0.15, 0.2) is 0 Å². The van der Waals surface area contributed by atoms with Crippen LogP contribution in [-0.4, -0.2) is 59.9 Å². The molecule has 0 spiro atoms. The second-order valence-electron chi connectivity index (χ2n) is 6.59. The number of hydrogen-bond donors (Lipinski definition) is 2. The van der Waals surface area contributed by atoms with Gasteiger partial charge in [-0.2, -0.15) is 0 Å². The lowest BCUT2D eigenvalue weighted by Crippen LogP contribution is -2.35. The van der Waals surface area contributed by atoms with E-state index < -0.39 is 35.3 Å². The molecule has 30 heavy (non-hydrogen) atoms. The number of carboxylic acid groups (broad SMARTS) is 2. The van der Waals surface area contributed by atoms with Gasteiger partial charge in [-0.05, 0) is 25.5 Å². The van der Waals surface area contributed by atoms with E-state index in [0.717, 1.165) is 0 Å². The van der Waals surface area contributed by atoms with Gasteiger partial charge < -0.3 is 24.4 Å². The lowest BCUT2D eigenvalue weighted by molar-refractivity contribution is -0.164. The number of carbonyl (C=O) groups excluding carboxylic acids is 3. The summed E-state index contributed by atoms with van der Waals surface area (Å²) >= 11 is 0. The van der Waals surface area contributed by atoms with Gasteiger partial charge in [0.2, 0.25) is 0 Å². The molecule has 0 aliphatic rings. The van der Waals surface area contributed by atoms with Gasteiger partial charge in [0.05, 0.1) is 29.4 Å². The van der Waals surface area contributed by atoms with Crippen LogP contribution in [0.15, 0.2) is 24.3 Å². The fourth-order valence-corrected chi connectivity index (χ4v) is 2.19. The van der Waals surface area contributed by atoms with Crippen molar-refractivity contribution < 1.29 is 48.4 Å². The highest BCUT2D eigenvalue weighted by molar-refractivity contribution is 6.02. The molecule has 1 unspecified atom stereocenters. The molecule has 2 N–H and O–H groups in total. The van der Waals surface area contributed by atoms with E-state index in [1.807, 2.05) is 0 Å². The van der Waals surface area contributed by atoms with Crippen molar-refractivity contribution in [3.8, 4) is 0 Å². The fraction of sp³-hybridized carbons (Fsp3) is 0.450. The van der Waals surface area contributed by atoms with E-state index in [-0.39, 0.29) is 50.2 Å². The fourth-order valence-electron chi connectivity index (χ4n) is 2.19. The van der Waals surface area contributed by atoms with E-state index >= 15 is 0 Å². The quantitative estimate of drug-likeness (QED) is 0.289. The third-order valence-electron chi connectivity index (χ3n) is 4.29. The Morgan fingerprint density at radius 3 is 2.07 bits per heavy atom. The Bertz CT molecular complexity index is 801. The smallest absolute Gasteiger partial charge is 0.339 e. The molecule has 0 aromatic heterocycles. The molecule has 1 aromatic carbocycles. The number of hydrogen-bond acceptors (Lipinski definition) is 8. The van der Waals surface area contributed by atoms with Crippen LogP contribution in [0.25, 0.3) is 0 Å². The van der Waals surface area contributed by atoms with Crippen LogP contribution in [-0.2, 0) is 28.6 Å². The molecule has 0 fully saturated rings. The van der Waals surface area contributed by atoms with Gasteiger partial charge in [-0.3, -0.25) is 14.4 Å². The van der Waals surface area contributed by atoms with Crippen molar-refractivity contribution in [2.75, 3.05) is 19.8 Å². The van der Waals surface area contributed by atoms with E-state index in [1.165, 1.54) is 31.2 Å². The monoisotopic (exact) mass is 424 g/mol. The first-order valence-corrected chi connectivity index (χ1v) is 9.14. The van der Waals surface area contributed by atoms with Crippen molar-refractivity contribution in [3.05, 3.63) is 35.4 Å². The Hall–Kier alpha value is -3.43. The Morgan fingerprint density at radius 1 is 0.900 bits per heavy atom. The van der Waals surface area contributed by atoms with E-state index in [4.69, 9.17) is 24.4 Å². The summed E-state index contributed by atoms with van der Waals surface area (Å²) < 4.78 is 15.0. The zero-order valence-electron chi connectivity index (χ0n) is 16.7. The highest BCUT2D eigenvalue weighted by Gasteiger charge is 2.35. The first kappa shape index (κ1) is 24.6. The van der Waals surface area contributed by atoms with E-state index in [0.29, 0.717) is 0 Å². The summed E-state index contributed by atoms with van der Waals surface area (Å²) in [6.45, 7) is 2.36. The van der Waals surface area contributed by atoms with Gasteiger partial charge in [-0.15, -0.1) is 0 Å². The lowest BCUT2D eigenvalue weighted by atomic mass is 9.89. The second-order valence-corrected chi connectivity index (χ2v) is 6.59. The van der Waals surface area contributed by atoms with E-state index in [1.54, 1.807) is 6.92 Å². The first-order chi connectivity index (χ1) is 14.1. The zero-order chi connectivity index (χ0) is 22.7. The van der Waals surface area contributed by atoms with Gasteiger partial charge in [0, 0.05) is 0 Å². The van der Waals surface area contributed by atoms with Crippen molar-refractivity contribution in [2.45, 2.75) is 33.1 Å². The maximum absolute atomic E-state index is 12.3. The summed E-state index contributed by atoms with van der Waals surface area (Å²) in [5, 5.41) is 17.6. The average molecular weight is 424 g/mol. The normalized spacial score (nSPS) is 12.3. The molecule has 10 nitrogen and oxygen atoms in total. The number of esters is 3. The largest absolute Gasteiger partial charge is 0.481 e. The summed E-state index contributed by atoms with van der Waals surface area (Å²) in [6.07, 6.45) is -0.399. The maximum atomic E-state index is 12.3. The highest BCUT2D eigenvalue weighted by Crippen LogP contribution is 2.24. The minimum atomic E-state index is -1.27. The standard InChI is InChI=1S/C20H24O10/c1-3-20(2,12-30-16(23)9-8-15(21)22)19(27)29-11-10-28-18(26)14-7-5-4-6-13(14)17(24)25/h4-7H,3,8-12H2,1-2H3,(H,21,22)(H,24,25). The summed E-state index contributed by atoms with van der Waals surface area (Å²) in [7, 11) is 0. The van der Waals surface area contributed by atoms with Crippen LogP contribution in [0, 0.1) is 5.41 Å². The van der Waals surface area contributed by atoms with Crippen molar-refractivity contribution in [2.24, 2.45) is 5.41 Å². The van der Waals surface area contributed by atoms with Crippen LogP contribution in [0.5, 0.6) is 0 Å². The Balaban J connectivity index is 2.50. The molecule has 0 saturated carbocycles. The van der Waals surface area contributed by atoms with Crippen LogP contribution < -0.4 is 0 Å². The number of ether oxygens (including phenoxy) is 3. The van der Waals surface area contributed by atoms with Gasteiger partial charge in [-0.1, -0.05) is 19.1 Å². The molecule has 0 heterocycles. The summed E-state index contributed by atoms with van der Waals surface area (Å²) in [4.78, 5) is 57.5. The minimum absolute atomic E-state index is 0.122. The third-order valence-corrected chi connectivity index (χ3v) is 4.29. The van der Waals surface area contributed by atoms with Crippen molar-refractivity contribution in [1.82, 2.24) is 0 Å². The maximum Gasteiger partial charge on any atom is 0.339 e. The van der Waals surface area contributed by atoms with Crippen molar-refractivity contribution in [1.29, 1.82) is 0 Å². The lowest BCUT2D eigenvalue weighted by Gasteiger charge is -2.25. The number of rotatable bonds is 12. The molecule has 1 atom stereocenters. The third kappa shape index (κ3) is 7.53. The summed E-state index contributed by atoms with van der Waals surface area (Å²) in [5.41, 5.74) is -1.48. The number of aliphatic carboxylic acids is 1. The predicted octanol–water partition coefficient (Wildman–Crippen LogP) is 1.91. The van der Waals surface area contributed by atoms with E-state index in [9.17, 15) is 24.0 Å². The summed E-state index contributed by atoms with van der Waals surface area (Å²) in [6, 6.07) is 5.55. The predicted molar refractivity (Wildman–Crippen MR) is 101 cm³/mol. The average Bonchev–Trinajstić information content (AvgIpc) is 2.72. The number of aromatic carboxylic acids is 1. The van der Waals surface area contributed by atoms with Crippen LogP contribution in [0.1, 0.15) is 53.8 Å². The molecule has 0 aliphatic carbocycles. The number of carboxylic acids is 2. The van der Waals surface area contributed by atoms with Gasteiger partial charge in [0.1, 0.15) is 19.8 Å². The first-order valence-electron chi connectivity index (χ1n) is 9.14. The second kappa shape index (κ2) is 11.5. The van der Waals surface area contributed by atoms with Crippen LogP contribution in [0.3, 0.4) is 0 Å². The minimum Gasteiger partial charge on any atom is -0.481 e. The van der Waals surface area contributed by atoms with E-state index in [2.05, 4.69) is 0 Å². The molecule has 10 heteroatoms. The molecule has 164 valence electrons. The summed E-state index contributed by atoms with van der Waals surface area (Å²) in [5.74, 6) is -4.70. The molecular weight excluding hydrogens is 400 g/mol. The van der Waals surface area contributed by atoms with Gasteiger partial charge >= 0.3 is 29.8 Å². The Morgan fingerprint density at radius 2 is 1.50 bits per heavy atom. The Labute approximate surface area is 172 Å². The molecule has 0 radical (unpaired) electrons. The molecule has 1 aromatic rings. The van der Waals surface area contributed by atoms with Crippen molar-refractivity contribution >= 4 is 29.8 Å². The zero-order valence-corrected chi connectivity index (χ0v) is 16.7. The van der Waals surface area contributed by atoms with Crippen LogP contribution in [0.2, 0.25) is 0 Å². The molecule has 1 rings (SSSR count). The van der Waals surface area contributed by atoms with Gasteiger partial charge in [0.25, 0.3) is 0 Å². The molecule has 0 bridgehead atoms. The SMILES string of the molecule is CCC(C)(COC(=O)CCC(=O)O)C(=O)OCCOC(=O)c1ccccc1C(=O)O. The molecule has 0 aliphatic heterocycles.